The highest BCUT2D eigenvalue weighted by Gasteiger charge is 2.53. The number of nitrogens with one attached hydrogen (secondary N) is 1. The van der Waals surface area contributed by atoms with E-state index in [1.807, 2.05) is 23.9 Å². The molecule has 1 amide bonds. The van der Waals surface area contributed by atoms with Crippen LogP contribution in [0.1, 0.15) is 27.7 Å². The number of ether oxygens (including phenoxy) is 7. The van der Waals surface area contributed by atoms with Crippen LogP contribution in [0.15, 0.2) is 18.2 Å². The lowest BCUT2D eigenvalue weighted by atomic mass is 9.98. The highest BCUT2D eigenvalue weighted by Crippen LogP contribution is 2.35. The molecule has 0 aliphatic carbocycles. The fourth-order valence-electron chi connectivity index (χ4n) is 4.88. The molecule has 1 N–H and O–H groups in total. The molecule has 2 aliphatic rings. The van der Waals surface area contributed by atoms with Crippen molar-refractivity contribution in [3.63, 3.8) is 0 Å². The van der Waals surface area contributed by atoms with E-state index in [0.29, 0.717) is 19.8 Å². The molecule has 6 atom stereocenters. The van der Waals surface area contributed by atoms with Crippen molar-refractivity contribution in [2.24, 2.45) is 0 Å². The fourth-order valence-corrected chi connectivity index (χ4v) is 4.88. The predicted octanol–water partition coefficient (Wildman–Crippen LogP) is 0.215. The van der Waals surface area contributed by atoms with Crippen LogP contribution in [0.4, 0.5) is 11.4 Å². The van der Waals surface area contributed by atoms with Gasteiger partial charge in [-0.15, -0.1) is 0 Å². The van der Waals surface area contributed by atoms with Gasteiger partial charge in [-0.05, 0) is 26.2 Å². The Kier molecular flexibility index (Phi) is 12.7. The third-order valence-corrected chi connectivity index (χ3v) is 6.62. The number of rotatable bonds is 12. The van der Waals surface area contributed by atoms with Crippen molar-refractivity contribution in [2.75, 3.05) is 52.4 Å². The number of amides is 1. The summed E-state index contributed by atoms with van der Waals surface area (Å²) < 4.78 is 38.2. The Morgan fingerprint density at radius 2 is 1.61 bits per heavy atom. The highest BCUT2D eigenvalue weighted by atomic mass is 16.7. The third kappa shape index (κ3) is 10.1. The van der Waals surface area contributed by atoms with Gasteiger partial charge in [0, 0.05) is 46.0 Å². The number of nitro benzene ring substituents is 1. The molecule has 0 aromatic heterocycles. The first-order valence-electron chi connectivity index (χ1n) is 14.2. The smallest absolute Gasteiger partial charge is 0.313 e. The summed E-state index contributed by atoms with van der Waals surface area (Å²) in [5.74, 6) is -4.08. The molecule has 46 heavy (non-hydrogen) atoms. The fraction of sp³-hybridized carbons (Fsp3) is 0.607. The predicted molar refractivity (Wildman–Crippen MR) is 154 cm³/mol. The minimum Gasteiger partial charge on any atom is -0.463 e. The zero-order chi connectivity index (χ0) is 34.1. The largest absolute Gasteiger partial charge is 0.463 e. The number of anilines is 1. The molecular formula is C28H38N4O14. The maximum absolute atomic E-state index is 13.1. The van der Waals surface area contributed by atoms with E-state index in [2.05, 4.69) is 5.32 Å². The summed E-state index contributed by atoms with van der Waals surface area (Å²) in [5, 5.41) is 14.8. The van der Waals surface area contributed by atoms with E-state index in [9.17, 15) is 34.1 Å². The van der Waals surface area contributed by atoms with Gasteiger partial charge in [-0.2, -0.15) is 0 Å². The van der Waals surface area contributed by atoms with Gasteiger partial charge in [0.05, 0.1) is 24.8 Å². The lowest BCUT2D eigenvalue weighted by Crippen LogP contribution is -2.63. The number of morpholine rings is 1. The molecule has 18 heteroatoms. The number of hydrogen-bond acceptors (Lipinski definition) is 16. The van der Waals surface area contributed by atoms with E-state index in [0.717, 1.165) is 33.8 Å². The van der Waals surface area contributed by atoms with Crippen molar-refractivity contribution in [3.8, 4) is 5.75 Å². The van der Waals surface area contributed by atoms with Crippen molar-refractivity contribution in [1.29, 1.82) is 0 Å². The first kappa shape index (κ1) is 36.1. The molecular weight excluding hydrogens is 616 g/mol. The van der Waals surface area contributed by atoms with Gasteiger partial charge in [0.25, 0.3) is 0 Å². The molecule has 1 aromatic rings. The maximum atomic E-state index is 13.1. The Balaban J connectivity index is 1.94. The highest BCUT2D eigenvalue weighted by molar-refractivity contribution is 5.95. The Bertz CT molecular complexity index is 1310. The molecule has 2 fully saturated rings. The standard InChI is InChI=1S/C28H38N4O14/c1-15(33)41-13-23-24(42-16(2)34)25(43-17(3)35)26(44-18(4)36)28(46-23)45-22-8-7-19(11-20(22)32(38)39)29-27(37)21-12-40-10-9-31(21)14-30(5)6/h7-8,11,21,23-26,28H,9-10,12-14H2,1-6H3,(H,29,37)/t21?,23-,24+,25+,26-,28-/m1/s1. The summed E-state index contributed by atoms with van der Waals surface area (Å²) in [5.41, 5.74) is -0.517. The first-order valence-corrected chi connectivity index (χ1v) is 14.2. The molecule has 3 rings (SSSR count). The Morgan fingerprint density at radius 3 is 2.20 bits per heavy atom. The second-order valence-corrected chi connectivity index (χ2v) is 10.7. The molecule has 2 aliphatic heterocycles. The summed E-state index contributed by atoms with van der Waals surface area (Å²) in [4.78, 5) is 76.0. The minimum absolute atomic E-state index is 0.0842. The average molecular weight is 655 g/mol. The van der Waals surface area contributed by atoms with Crippen LogP contribution in [0.2, 0.25) is 0 Å². The number of carbonyl (C=O) groups excluding carboxylic acids is 5. The molecule has 1 aromatic carbocycles. The van der Waals surface area contributed by atoms with Crippen LogP contribution in [-0.4, -0.2) is 128 Å². The van der Waals surface area contributed by atoms with Crippen molar-refractivity contribution in [1.82, 2.24) is 9.80 Å². The molecule has 254 valence electrons. The summed E-state index contributed by atoms with van der Waals surface area (Å²) in [6, 6.07) is 2.96. The van der Waals surface area contributed by atoms with Gasteiger partial charge in [-0.25, -0.2) is 0 Å². The first-order chi connectivity index (χ1) is 21.7. The second-order valence-electron chi connectivity index (χ2n) is 10.7. The molecule has 0 spiro atoms. The zero-order valence-corrected chi connectivity index (χ0v) is 26.3. The quantitative estimate of drug-likeness (QED) is 0.138. The van der Waals surface area contributed by atoms with Gasteiger partial charge in [-0.3, -0.25) is 43.9 Å². The molecule has 18 nitrogen and oxygen atoms in total. The van der Waals surface area contributed by atoms with Crippen molar-refractivity contribution in [2.45, 2.75) is 64.4 Å². The normalized spacial score (nSPS) is 24.8. The van der Waals surface area contributed by atoms with Crippen LogP contribution in [0, 0.1) is 10.1 Å². The lowest BCUT2D eigenvalue weighted by molar-refractivity contribution is -0.387. The van der Waals surface area contributed by atoms with Gasteiger partial charge in [0.1, 0.15) is 18.8 Å². The van der Waals surface area contributed by atoms with Crippen LogP contribution < -0.4 is 10.1 Å². The van der Waals surface area contributed by atoms with Crippen LogP contribution in [-0.2, 0) is 52.4 Å². The van der Waals surface area contributed by atoms with Gasteiger partial charge in [0.2, 0.25) is 24.1 Å². The minimum atomic E-state index is -1.70. The second kappa shape index (κ2) is 16.3. The molecule has 0 bridgehead atoms. The molecule has 0 radical (unpaired) electrons. The lowest BCUT2D eigenvalue weighted by Gasteiger charge is -2.43. The Labute approximate surface area is 264 Å². The van der Waals surface area contributed by atoms with Gasteiger partial charge >= 0.3 is 29.6 Å². The summed E-state index contributed by atoms with van der Waals surface area (Å²) >= 11 is 0. The average Bonchev–Trinajstić information content (AvgIpc) is 2.95. The Hall–Kier alpha value is -4.39. The molecule has 0 saturated carbocycles. The van der Waals surface area contributed by atoms with E-state index in [-0.39, 0.29) is 18.0 Å². The number of esters is 4. The molecule has 2 heterocycles. The number of hydrogen-bond donors (Lipinski definition) is 1. The van der Waals surface area contributed by atoms with E-state index < -0.39 is 83.7 Å². The van der Waals surface area contributed by atoms with Crippen LogP contribution in [0.5, 0.6) is 5.75 Å². The van der Waals surface area contributed by atoms with Gasteiger partial charge < -0.3 is 38.5 Å². The molecule has 1 unspecified atom stereocenters. The number of carbonyl (C=O) groups is 5. The summed E-state index contributed by atoms with van der Waals surface area (Å²) in [7, 11) is 3.72. The van der Waals surface area contributed by atoms with Crippen molar-refractivity contribution >= 4 is 41.2 Å². The SMILES string of the molecule is CC(=O)OC[C@H]1O[C@@H](Oc2ccc(NC(=O)C3COCCN3CN(C)C)cc2[N+](=O)[O-])[C@H](OC(C)=O)[C@@H](OC(C)=O)[C@H]1OC(C)=O. The van der Waals surface area contributed by atoms with E-state index in [1.54, 1.807) is 0 Å². The number of nitro groups is 1. The van der Waals surface area contributed by atoms with Gasteiger partial charge in [0.15, 0.2) is 12.2 Å². The van der Waals surface area contributed by atoms with E-state index in [1.165, 1.54) is 12.1 Å². The Morgan fingerprint density at radius 1 is 0.978 bits per heavy atom. The topological polar surface area (TPSA) is 212 Å². The molecule has 2 saturated heterocycles. The summed E-state index contributed by atoms with van der Waals surface area (Å²) in [6.45, 7) is 5.36. The zero-order valence-electron chi connectivity index (χ0n) is 26.3. The van der Waals surface area contributed by atoms with Gasteiger partial charge in [-0.1, -0.05) is 0 Å². The van der Waals surface area contributed by atoms with Crippen molar-refractivity contribution < 1.29 is 62.1 Å². The maximum Gasteiger partial charge on any atom is 0.313 e. The van der Waals surface area contributed by atoms with Crippen LogP contribution >= 0.6 is 0 Å². The third-order valence-electron chi connectivity index (χ3n) is 6.62. The van der Waals surface area contributed by atoms with Crippen LogP contribution in [0.3, 0.4) is 0 Å². The number of nitrogens with zero attached hydrogens (tertiary/aromatic N) is 3. The van der Waals surface area contributed by atoms with E-state index >= 15 is 0 Å². The number of benzene rings is 1. The summed E-state index contributed by atoms with van der Waals surface area (Å²) in [6.07, 6.45) is -7.60. The van der Waals surface area contributed by atoms with Crippen molar-refractivity contribution in [3.05, 3.63) is 28.3 Å². The van der Waals surface area contributed by atoms with Crippen LogP contribution in [0.25, 0.3) is 0 Å². The van der Waals surface area contributed by atoms with E-state index in [4.69, 9.17) is 33.2 Å². The monoisotopic (exact) mass is 654 g/mol.